The molecule has 0 fully saturated rings. The van der Waals surface area contributed by atoms with Crippen LogP contribution in [-0.4, -0.2) is 0 Å². The highest BCUT2D eigenvalue weighted by Gasteiger charge is 1.94. The van der Waals surface area contributed by atoms with Gasteiger partial charge in [-0.2, -0.15) is 0 Å². The predicted octanol–water partition coefficient (Wildman–Crippen LogP) is 3.13. The smallest absolute Gasteiger partial charge is 0.122 e. The van der Waals surface area contributed by atoms with Crippen molar-refractivity contribution in [3.8, 4) is 5.75 Å². The van der Waals surface area contributed by atoms with E-state index in [1.54, 1.807) is 11.3 Å². The normalized spacial score (nSPS) is 9.85. The molecule has 0 amide bonds. The summed E-state index contributed by atoms with van der Waals surface area (Å²) in [6.07, 6.45) is 0. The first-order valence-electron chi connectivity index (χ1n) is 4.08. The quantitative estimate of drug-likeness (QED) is 0.720. The number of hydrogen-bond donors (Lipinski definition) is 0. The van der Waals surface area contributed by atoms with Crippen molar-refractivity contribution < 1.29 is 4.74 Å². The van der Waals surface area contributed by atoms with Crippen LogP contribution in [0.2, 0.25) is 0 Å². The average Bonchev–Trinajstić information content (AvgIpc) is 2.69. The molecule has 1 aromatic carbocycles. The Balaban J connectivity index is 1.94. The van der Waals surface area contributed by atoms with Gasteiger partial charge in [0.1, 0.15) is 12.4 Å². The van der Waals surface area contributed by atoms with Crippen molar-refractivity contribution in [1.82, 2.24) is 0 Å². The van der Waals surface area contributed by atoms with Gasteiger partial charge in [0.2, 0.25) is 0 Å². The SMILES string of the molecule is [c]1ccc(COc2ccccc2)s1. The predicted molar refractivity (Wildman–Crippen MR) is 53.9 cm³/mol. The molecule has 2 aromatic rings. The minimum Gasteiger partial charge on any atom is -0.488 e. The number of benzene rings is 1. The summed E-state index contributed by atoms with van der Waals surface area (Å²) in [5, 5.41) is 3.03. The van der Waals surface area contributed by atoms with Crippen LogP contribution < -0.4 is 4.74 Å². The minimum absolute atomic E-state index is 0.637. The highest BCUT2D eigenvalue weighted by atomic mass is 32.1. The average molecular weight is 189 g/mol. The van der Waals surface area contributed by atoms with Crippen LogP contribution >= 0.6 is 11.3 Å². The summed E-state index contributed by atoms with van der Waals surface area (Å²) in [4.78, 5) is 1.20. The number of ether oxygens (including phenoxy) is 1. The zero-order valence-corrected chi connectivity index (χ0v) is 7.88. The lowest BCUT2D eigenvalue weighted by Gasteiger charge is -2.02. The van der Waals surface area contributed by atoms with E-state index >= 15 is 0 Å². The maximum atomic E-state index is 5.54. The Morgan fingerprint density at radius 3 is 2.69 bits per heavy atom. The third-order valence-electron chi connectivity index (χ3n) is 1.65. The van der Waals surface area contributed by atoms with E-state index in [4.69, 9.17) is 4.74 Å². The van der Waals surface area contributed by atoms with Gasteiger partial charge in [0.15, 0.2) is 0 Å². The van der Waals surface area contributed by atoms with Gasteiger partial charge in [-0.25, -0.2) is 0 Å². The molecule has 0 spiro atoms. The third-order valence-corrected chi connectivity index (χ3v) is 2.42. The molecule has 2 heteroatoms. The fourth-order valence-corrected chi connectivity index (χ4v) is 1.56. The molecular formula is C11H9OS. The van der Waals surface area contributed by atoms with Crippen LogP contribution in [0.3, 0.4) is 0 Å². The minimum atomic E-state index is 0.637. The summed E-state index contributed by atoms with van der Waals surface area (Å²) in [5.41, 5.74) is 0. The van der Waals surface area contributed by atoms with E-state index < -0.39 is 0 Å². The molecule has 0 saturated heterocycles. The fourth-order valence-electron chi connectivity index (χ4n) is 1.02. The van der Waals surface area contributed by atoms with E-state index in [0.717, 1.165) is 5.75 Å². The molecule has 13 heavy (non-hydrogen) atoms. The van der Waals surface area contributed by atoms with Crippen molar-refractivity contribution in [2.75, 3.05) is 0 Å². The fraction of sp³-hybridized carbons (Fsp3) is 0.0909. The summed E-state index contributed by atoms with van der Waals surface area (Å²) < 4.78 is 5.54. The molecule has 2 rings (SSSR count). The highest BCUT2D eigenvalue weighted by Crippen LogP contribution is 2.13. The first kappa shape index (κ1) is 8.32. The maximum Gasteiger partial charge on any atom is 0.122 e. The van der Waals surface area contributed by atoms with Gasteiger partial charge in [0.05, 0.1) is 0 Å². The first-order valence-corrected chi connectivity index (χ1v) is 4.89. The largest absolute Gasteiger partial charge is 0.488 e. The second kappa shape index (κ2) is 4.10. The number of para-hydroxylation sites is 1. The van der Waals surface area contributed by atoms with Crippen molar-refractivity contribution in [3.05, 3.63) is 52.7 Å². The van der Waals surface area contributed by atoms with Gasteiger partial charge in [-0.1, -0.05) is 18.2 Å². The van der Waals surface area contributed by atoms with E-state index in [0.29, 0.717) is 6.61 Å². The Morgan fingerprint density at radius 1 is 1.15 bits per heavy atom. The zero-order chi connectivity index (χ0) is 8.93. The standard InChI is InChI=1S/C11H9OS/c1-2-5-10(6-3-1)12-9-11-7-4-8-13-11/h1-7H,9H2. The Bertz CT molecular complexity index is 340. The van der Waals surface area contributed by atoms with Gasteiger partial charge in [0, 0.05) is 10.3 Å². The van der Waals surface area contributed by atoms with Crippen LogP contribution in [0.25, 0.3) is 0 Å². The van der Waals surface area contributed by atoms with Crippen LogP contribution in [0.4, 0.5) is 0 Å². The van der Waals surface area contributed by atoms with Crippen molar-refractivity contribution >= 4 is 11.3 Å². The van der Waals surface area contributed by atoms with Crippen LogP contribution in [0.1, 0.15) is 4.88 Å². The van der Waals surface area contributed by atoms with Gasteiger partial charge in [-0.3, -0.25) is 0 Å². The lowest BCUT2D eigenvalue weighted by molar-refractivity contribution is 0.310. The van der Waals surface area contributed by atoms with Gasteiger partial charge in [-0.15, -0.1) is 11.3 Å². The monoisotopic (exact) mass is 189 g/mol. The third kappa shape index (κ3) is 2.33. The Hall–Kier alpha value is -1.28. The van der Waals surface area contributed by atoms with E-state index in [-0.39, 0.29) is 0 Å². The van der Waals surface area contributed by atoms with E-state index in [2.05, 4.69) is 5.38 Å². The summed E-state index contributed by atoms with van der Waals surface area (Å²) >= 11 is 1.59. The first-order chi connectivity index (χ1) is 6.45. The maximum absolute atomic E-state index is 5.54. The van der Waals surface area contributed by atoms with Crippen LogP contribution in [-0.2, 0) is 6.61 Å². The number of hydrogen-bond acceptors (Lipinski definition) is 2. The molecule has 1 aromatic heterocycles. The zero-order valence-electron chi connectivity index (χ0n) is 7.07. The Morgan fingerprint density at radius 2 is 2.00 bits per heavy atom. The van der Waals surface area contributed by atoms with Crippen molar-refractivity contribution in [1.29, 1.82) is 0 Å². The molecule has 0 aliphatic carbocycles. The molecule has 0 bridgehead atoms. The summed E-state index contributed by atoms with van der Waals surface area (Å²) in [6, 6.07) is 13.8. The molecule has 1 heterocycles. The van der Waals surface area contributed by atoms with Crippen LogP contribution in [0, 0.1) is 5.38 Å². The molecule has 0 unspecified atom stereocenters. The topological polar surface area (TPSA) is 9.23 Å². The number of rotatable bonds is 3. The molecule has 1 radical (unpaired) electrons. The molecule has 0 saturated carbocycles. The molecule has 0 aliphatic rings. The molecule has 0 atom stereocenters. The summed E-state index contributed by atoms with van der Waals surface area (Å²) in [6.45, 7) is 0.637. The van der Waals surface area contributed by atoms with E-state index in [9.17, 15) is 0 Å². The van der Waals surface area contributed by atoms with Gasteiger partial charge in [0.25, 0.3) is 0 Å². The van der Waals surface area contributed by atoms with E-state index in [1.807, 2.05) is 42.5 Å². The van der Waals surface area contributed by atoms with Crippen molar-refractivity contribution in [2.45, 2.75) is 6.61 Å². The summed E-state index contributed by atoms with van der Waals surface area (Å²) in [5.74, 6) is 0.913. The molecule has 1 nitrogen and oxygen atoms in total. The second-order valence-corrected chi connectivity index (χ2v) is 3.59. The van der Waals surface area contributed by atoms with Crippen LogP contribution in [0.15, 0.2) is 42.5 Å². The Kier molecular flexibility index (Phi) is 2.62. The van der Waals surface area contributed by atoms with E-state index in [1.165, 1.54) is 4.88 Å². The molecular weight excluding hydrogens is 180 g/mol. The molecule has 65 valence electrons. The second-order valence-electron chi connectivity index (χ2n) is 2.62. The van der Waals surface area contributed by atoms with Gasteiger partial charge >= 0.3 is 0 Å². The van der Waals surface area contributed by atoms with Crippen LogP contribution in [0.5, 0.6) is 5.75 Å². The highest BCUT2D eigenvalue weighted by molar-refractivity contribution is 7.09. The lowest BCUT2D eigenvalue weighted by Crippen LogP contribution is -1.91. The van der Waals surface area contributed by atoms with Gasteiger partial charge < -0.3 is 4.74 Å². The lowest BCUT2D eigenvalue weighted by atomic mass is 10.3. The van der Waals surface area contributed by atoms with Crippen molar-refractivity contribution in [3.63, 3.8) is 0 Å². The molecule has 0 N–H and O–H groups in total. The molecule has 0 aliphatic heterocycles. The van der Waals surface area contributed by atoms with Crippen molar-refractivity contribution in [2.24, 2.45) is 0 Å². The van der Waals surface area contributed by atoms with Gasteiger partial charge in [-0.05, 0) is 24.3 Å². The number of thiophene rings is 1. The Labute approximate surface area is 81.6 Å². The summed E-state index contributed by atoms with van der Waals surface area (Å²) in [7, 11) is 0.